The molecule has 16 heavy (non-hydrogen) atoms. The van der Waals surface area contributed by atoms with E-state index in [1.54, 1.807) is 12.4 Å². The fourth-order valence-electron chi connectivity index (χ4n) is 2.42. The molecule has 2 rings (SSSR count). The highest BCUT2D eigenvalue weighted by Gasteiger charge is 2.39. The van der Waals surface area contributed by atoms with E-state index >= 15 is 0 Å². The molecule has 0 radical (unpaired) electrons. The molecule has 3 heteroatoms. The first kappa shape index (κ1) is 11.3. The number of hydrogen-bond acceptors (Lipinski definition) is 3. The van der Waals surface area contributed by atoms with Crippen LogP contribution in [0.1, 0.15) is 42.1 Å². The Hall–Kier alpha value is -1.22. The number of ketones is 1. The number of nitrogens with one attached hydrogen (secondary N) is 1. The zero-order valence-corrected chi connectivity index (χ0v) is 9.92. The van der Waals surface area contributed by atoms with Crippen LogP contribution in [0.25, 0.3) is 0 Å². The second-order valence-corrected chi connectivity index (χ2v) is 4.49. The minimum Gasteiger partial charge on any atom is -0.305 e. The van der Waals surface area contributed by atoms with Crippen LogP contribution < -0.4 is 5.32 Å². The van der Waals surface area contributed by atoms with E-state index in [0.29, 0.717) is 0 Å². The number of pyridine rings is 1. The molecule has 0 aromatic carbocycles. The standard InChI is InChI=1S/C13H18N2O/c1-3-13(6-4-7-15-13)12(16)11-9-14-8-5-10(11)2/h5,8-9,15H,3-4,6-7H2,1-2H3. The number of carbonyl (C=O) groups is 1. The van der Waals surface area contributed by atoms with Gasteiger partial charge in [-0.25, -0.2) is 0 Å². The molecular formula is C13H18N2O. The molecule has 1 aromatic heterocycles. The van der Waals surface area contributed by atoms with Crippen LogP contribution in [-0.4, -0.2) is 22.9 Å². The van der Waals surface area contributed by atoms with Gasteiger partial charge in [0.25, 0.3) is 0 Å². The predicted molar refractivity (Wildman–Crippen MR) is 63.6 cm³/mol. The van der Waals surface area contributed by atoms with Crippen LogP contribution in [-0.2, 0) is 0 Å². The lowest BCUT2D eigenvalue weighted by atomic mass is 9.85. The molecule has 1 atom stereocenters. The van der Waals surface area contributed by atoms with Crippen molar-refractivity contribution >= 4 is 5.78 Å². The van der Waals surface area contributed by atoms with Gasteiger partial charge >= 0.3 is 0 Å². The van der Waals surface area contributed by atoms with Crippen molar-refractivity contribution < 1.29 is 4.79 Å². The summed E-state index contributed by atoms with van der Waals surface area (Å²) in [5, 5.41) is 3.37. The Balaban J connectivity index is 2.34. The molecule has 1 N–H and O–H groups in total. The van der Waals surface area contributed by atoms with Crippen molar-refractivity contribution in [2.45, 2.75) is 38.6 Å². The first-order chi connectivity index (χ1) is 7.69. The van der Waals surface area contributed by atoms with Crippen LogP contribution in [0, 0.1) is 6.92 Å². The third kappa shape index (κ3) is 1.76. The number of Topliss-reactive ketones (excluding diaryl/α,β-unsaturated/α-hetero) is 1. The van der Waals surface area contributed by atoms with Gasteiger partial charge < -0.3 is 5.32 Å². The van der Waals surface area contributed by atoms with Crippen LogP contribution in [0.5, 0.6) is 0 Å². The van der Waals surface area contributed by atoms with Gasteiger partial charge in [0, 0.05) is 18.0 Å². The monoisotopic (exact) mass is 218 g/mol. The second kappa shape index (κ2) is 4.34. The molecule has 2 heterocycles. The van der Waals surface area contributed by atoms with E-state index in [9.17, 15) is 4.79 Å². The molecular weight excluding hydrogens is 200 g/mol. The van der Waals surface area contributed by atoms with Gasteiger partial charge in [-0.2, -0.15) is 0 Å². The summed E-state index contributed by atoms with van der Waals surface area (Å²) < 4.78 is 0. The van der Waals surface area contributed by atoms with Crippen LogP contribution in [0.15, 0.2) is 18.5 Å². The highest BCUT2D eigenvalue weighted by molar-refractivity contribution is 6.04. The fourth-order valence-corrected chi connectivity index (χ4v) is 2.42. The molecule has 3 nitrogen and oxygen atoms in total. The number of aromatic nitrogens is 1. The number of hydrogen-bond donors (Lipinski definition) is 1. The van der Waals surface area contributed by atoms with E-state index < -0.39 is 0 Å². The van der Waals surface area contributed by atoms with Gasteiger partial charge in [-0.1, -0.05) is 6.92 Å². The molecule has 0 amide bonds. The fraction of sp³-hybridized carbons (Fsp3) is 0.538. The van der Waals surface area contributed by atoms with Gasteiger partial charge in [-0.3, -0.25) is 9.78 Å². The summed E-state index contributed by atoms with van der Waals surface area (Å²) in [5.41, 5.74) is 1.44. The van der Waals surface area contributed by atoms with Crippen LogP contribution in [0.2, 0.25) is 0 Å². The zero-order chi connectivity index (χ0) is 11.6. The summed E-state index contributed by atoms with van der Waals surface area (Å²) in [6.45, 7) is 4.98. The normalized spacial score (nSPS) is 24.6. The smallest absolute Gasteiger partial charge is 0.184 e. The molecule has 1 aliphatic rings. The zero-order valence-electron chi connectivity index (χ0n) is 9.92. The van der Waals surface area contributed by atoms with Crippen LogP contribution in [0.3, 0.4) is 0 Å². The van der Waals surface area contributed by atoms with Crippen molar-refractivity contribution in [2.75, 3.05) is 6.54 Å². The number of carbonyl (C=O) groups excluding carboxylic acids is 1. The maximum atomic E-state index is 12.5. The summed E-state index contributed by atoms with van der Waals surface area (Å²) >= 11 is 0. The maximum absolute atomic E-state index is 12.5. The van der Waals surface area contributed by atoms with E-state index in [4.69, 9.17) is 0 Å². The maximum Gasteiger partial charge on any atom is 0.184 e. The lowest BCUT2D eigenvalue weighted by molar-refractivity contribution is 0.0863. The van der Waals surface area contributed by atoms with E-state index in [1.807, 2.05) is 13.0 Å². The molecule has 86 valence electrons. The van der Waals surface area contributed by atoms with E-state index in [-0.39, 0.29) is 11.3 Å². The van der Waals surface area contributed by atoms with Gasteiger partial charge in [-0.05, 0) is 44.4 Å². The number of rotatable bonds is 3. The summed E-state index contributed by atoms with van der Waals surface area (Å²) in [6.07, 6.45) is 6.29. The summed E-state index contributed by atoms with van der Waals surface area (Å²) in [4.78, 5) is 16.6. The van der Waals surface area contributed by atoms with Crippen molar-refractivity contribution in [1.82, 2.24) is 10.3 Å². The minimum atomic E-state index is -0.339. The molecule has 1 unspecified atom stereocenters. The van der Waals surface area contributed by atoms with Gasteiger partial charge in [-0.15, -0.1) is 0 Å². The van der Waals surface area contributed by atoms with Crippen LogP contribution in [0.4, 0.5) is 0 Å². The molecule has 0 spiro atoms. The summed E-state index contributed by atoms with van der Waals surface area (Å²) in [7, 11) is 0. The quantitative estimate of drug-likeness (QED) is 0.790. The van der Waals surface area contributed by atoms with Gasteiger partial charge in [0.15, 0.2) is 5.78 Å². The summed E-state index contributed by atoms with van der Waals surface area (Å²) in [5.74, 6) is 0.207. The van der Waals surface area contributed by atoms with Crippen LogP contribution >= 0.6 is 0 Å². The third-order valence-electron chi connectivity index (χ3n) is 3.57. The van der Waals surface area contributed by atoms with Gasteiger partial charge in [0.05, 0.1) is 5.54 Å². The van der Waals surface area contributed by atoms with Gasteiger partial charge in [0.2, 0.25) is 0 Å². The van der Waals surface area contributed by atoms with E-state index in [2.05, 4.69) is 17.2 Å². The Morgan fingerprint density at radius 2 is 2.44 bits per heavy atom. The first-order valence-electron chi connectivity index (χ1n) is 5.90. The Labute approximate surface area is 96.3 Å². The van der Waals surface area contributed by atoms with E-state index in [1.165, 1.54) is 0 Å². The van der Waals surface area contributed by atoms with Crippen molar-refractivity contribution in [3.8, 4) is 0 Å². The highest BCUT2D eigenvalue weighted by atomic mass is 16.1. The Bertz CT molecular complexity index is 395. The molecule has 0 saturated carbocycles. The average Bonchev–Trinajstić information content (AvgIpc) is 2.78. The number of aryl methyl sites for hydroxylation is 1. The first-order valence-corrected chi connectivity index (χ1v) is 5.90. The molecule has 1 aromatic rings. The average molecular weight is 218 g/mol. The topological polar surface area (TPSA) is 42.0 Å². The Morgan fingerprint density at radius 3 is 3.00 bits per heavy atom. The molecule has 1 fully saturated rings. The summed E-state index contributed by atoms with van der Waals surface area (Å²) in [6, 6.07) is 1.89. The van der Waals surface area contributed by atoms with Crippen molar-refractivity contribution in [3.05, 3.63) is 29.6 Å². The number of nitrogens with zero attached hydrogens (tertiary/aromatic N) is 1. The SMILES string of the molecule is CCC1(C(=O)c2cnccc2C)CCCN1. The minimum absolute atomic E-state index is 0.207. The Morgan fingerprint density at radius 1 is 1.62 bits per heavy atom. The molecule has 0 bridgehead atoms. The van der Waals surface area contributed by atoms with E-state index in [0.717, 1.165) is 36.9 Å². The lowest BCUT2D eigenvalue weighted by Crippen LogP contribution is -2.47. The van der Waals surface area contributed by atoms with Crippen molar-refractivity contribution in [2.24, 2.45) is 0 Å². The Kier molecular flexibility index (Phi) is 3.06. The van der Waals surface area contributed by atoms with Crippen molar-refractivity contribution in [1.29, 1.82) is 0 Å². The lowest BCUT2D eigenvalue weighted by Gasteiger charge is -2.26. The third-order valence-corrected chi connectivity index (χ3v) is 3.57. The predicted octanol–water partition coefficient (Wildman–Crippen LogP) is 2.10. The second-order valence-electron chi connectivity index (χ2n) is 4.49. The highest BCUT2D eigenvalue weighted by Crippen LogP contribution is 2.28. The molecule has 1 saturated heterocycles. The largest absolute Gasteiger partial charge is 0.305 e. The van der Waals surface area contributed by atoms with Gasteiger partial charge in [0.1, 0.15) is 0 Å². The van der Waals surface area contributed by atoms with Crippen molar-refractivity contribution in [3.63, 3.8) is 0 Å². The molecule has 1 aliphatic heterocycles. The molecule has 0 aliphatic carbocycles.